The van der Waals surface area contributed by atoms with E-state index in [1.807, 2.05) is 51.4 Å². The molecule has 0 unspecified atom stereocenters. The highest BCUT2D eigenvalue weighted by Gasteiger charge is 2.35. The van der Waals surface area contributed by atoms with E-state index in [0.717, 1.165) is 28.2 Å². The van der Waals surface area contributed by atoms with Crippen LogP contribution in [0, 0.1) is 6.92 Å². The molecule has 3 rings (SSSR count). The summed E-state index contributed by atoms with van der Waals surface area (Å²) in [5, 5.41) is 12.3. The van der Waals surface area contributed by atoms with E-state index in [1.165, 1.54) is 0 Å². The predicted molar refractivity (Wildman–Crippen MR) is 149 cm³/mol. The molecule has 1 aromatic heterocycles. The molecule has 2 N–H and O–H groups in total. The summed E-state index contributed by atoms with van der Waals surface area (Å²) in [5.74, 6) is -0.181. The summed E-state index contributed by atoms with van der Waals surface area (Å²) in [6.45, 7) is 20.8. The summed E-state index contributed by atoms with van der Waals surface area (Å²) in [6.07, 6.45) is -0.402. The molecule has 1 atom stereocenters. The lowest BCUT2D eigenvalue weighted by Gasteiger charge is -2.35. The average molecular weight is 532 g/mol. The first kappa shape index (κ1) is 29.1. The Kier molecular flexibility index (Phi) is 8.76. The van der Waals surface area contributed by atoms with Gasteiger partial charge in [-0.3, -0.25) is 4.79 Å². The summed E-state index contributed by atoms with van der Waals surface area (Å²) in [7, 11) is -1.18. The number of hydrogen-bond donors (Lipinski definition) is 2. The van der Waals surface area contributed by atoms with Crippen molar-refractivity contribution in [2.45, 2.75) is 91.1 Å². The van der Waals surface area contributed by atoms with Crippen LogP contribution >= 0.6 is 0 Å². The summed E-state index contributed by atoms with van der Waals surface area (Å²) in [6, 6.07) is 6.67. The Balaban J connectivity index is 1.76. The fraction of sp³-hybridized carbons (Fsp3) is 0.667. The third-order valence-electron chi connectivity index (χ3n) is 6.35. The molecule has 0 spiro atoms. The van der Waals surface area contributed by atoms with E-state index in [1.54, 1.807) is 4.90 Å². The number of fused-ring (bicyclic) bond motifs is 1. The molecule has 9 nitrogen and oxygen atoms in total. The highest BCUT2D eigenvalue weighted by atomic mass is 28.3. The molecule has 0 saturated carbocycles. The normalized spacial score (nSPS) is 17.2. The van der Waals surface area contributed by atoms with Gasteiger partial charge in [-0.15, -0.1) is 0 Å². The van der Waals surface area contributed by atoms with E-state index < -0.39 is 31.3 Å². The van der Waals surface area contributed by atoms with Gasteiger partial charge in [0, 0.05) is 39.7 Å². The second-order valence-electron chi connectivity index (χ2n) is 12.7. The maximum absolute atomic E-state index is 13.3. The van der Waals surface area contributed by atoms with Gasteiger partial charge in [0.15, 0.2) is 0 Å². The molecule has 206 valence electrons. The van der Waals surface area contributed by atoms with Gasteiger partial charge in [0.1, 0.15) is 18.4 Å². The van der Waals surface area contributed by atoms with E-state index in [9.17, 15) is 9.59 Å². The number of ether oxygens (including phenoxy) is 2. The lowest BCUT2D eigenvalue weighted by molar-refractivity contribution is -0.125. The highest BCUT2D eigenvalue weighted by Crippen LogP contribution is 2.30. The minimum atomic E-state index is -1.18. The second-order valence-corrected chi connectivity index (χ2v) is 18.3. The second kappa shape index (κ2) is 11.1. The number of piperazine rings is 1. The van der Waals surface area contributed by atoms with Gasteiger partial charge < -0.3 is 25.0 Å². The van der Waals surface area contributed by atoms with Gasteiger partial charge in [0.25, 0.3) is 0 Å². The van der Waals surface area contributed by atoms with Crippen LogP contribution in [0.25, 0.3) is 10.9 Å². The number of carbonyl (C=O) groups is 2. The van der Waals surface area contributed by atoms with Crippen molar-refractivity contribution in [1.29, 1.82) is 0 Å². The topological polar surface area (TPSA) is 97.7 Å². The molecule has 2 amide bonds. The Morgan fingerprint density at radius 3 is 2.54 bits per heavy atom. The minimum Gasteiger partial charge on any atom is -0.444 e. The third-order valence-corrected chi connectivity index (χ3v) is 8.06. The van der Waals surface area contributed by atoms with Crippen LogP contribution in [-0.2, 0) is 26.5 Å². The van der Waals surface area contributed by atoms with E-state index in [4.69, 9.17) is 14.6 Å². The number of rotatable bonds is 8. The largest absolute Gasteiger partial charge is 0.444 e. The fourth-order valence-corrected chi connectivity index (χ4v) is 5.13. The highest BCUT2D eigenvalue weighted by molar-refractivity contribution is 6.76. The average Bonchev–Trinajstić information content (AvgIpc) is 3.16. The van der Waals surface area contributed by atoms with Crippen molar-refractivity contribution < 1.29 is 19.1 Å². The van der Waals surface area contributed by atoms with Crippen LogP contribution in [0.4, 0.5) is 4.79 Å². The molecule has 1 fully saturated rings. The van der Waals surface area contributed by atoms with Crippen LogP contribution in [-0.4, -0.2) is 72.6 Å². The Morgan fingerprint density at radius 1 is 1.19 bits per heavy atom. The molecule has 1 aromatic carbocycles. The van der Waals surface area contributed by atoms with Crippen molar-refractivity contribution >= 4 is 31.0 Å². The van der Waals surface area contributed by atoms with E-state index in [-0.39, 0.29) is 12.5 Å². The van der Waals surface area contributed by atoms with Gasteiger partial charge in [-0.2, -0.15) is 5.10 Å². The van der Waals surface area contributed by atoms with Crippen molar-refractivity contribution in [2.75, 3.05) is 26.2 Å². The molecule has 2 aromatic rings. The molecular formula is C27H45N5O4Si. The summed E-state index contributed by atoms with van der Waals surface area (Å²) >= 11 is 0. The zero-order chi connectivity index (χ0) is 27.6. The zero-order valence-corrected chi connectivity index (χ0v) is 25.0. The SMILES string of the molecule is Cc1cccc2c(C(C)(C)NC(=O)[C@@H]3CN(C(=O)OC(C)(C)C)CCN3)nn(COCC[Si](C)(C)C)c12. The maximum Gasteiger partial charge on any atom is 0.410 e. The van der Waals surface area contributed by atoms with Gasteiger partial charge in [-0.25, -0.2) is 9.48 Å². The van der Waals surface area contributed by atoms with Crippen LogP contribution in [0.15, 0.2) is 18.2 Å². The molecule has 0 bridgehead atoms. The first-order valence-corrected chi connectivity index (χ1v) is 16.9. The summed E-state index contributed by atoms with van der Waals surface area (Å²) in [4.78, 5) is 27.5. The fourth-order valence-electron chi connectivity index (χ4n) is 4.37. The van der Waals surface area contributed by atoms with Crippen molar-refractivity contribution in [1.82, 2.24) is 25.3 Å². The lowest BCUT2D eigenvalue weighted by atomic mass is 9.95. The van der Waals surface area contributed by atoms with Gasteiger partial charge in [-0.05, 0) is 53.1 Å². The van der Waals surface area contributed by atoms with Gasteiger partial charge >= 0.3 is 6.09 Å². The Hall–Kier alpha value is -2.43. The molecular weight excluding hydrogens is 486 g/mol. The van der Waals surface area contributed by atoms with E-state index in [2.05, 4.69) is 43.3 Å². The number of nitrogens with zero attached hydrogens (tertiary/aromatic N) is 3. The quantitative estimate of drug-likeness (QED) is 0.391. The monoisotopic (exact) mass is 531 g/mol. The summed E-state index contributed by atoms with van der Waals surface area (Å²) in [5.41, 5.74) is 1.57. The van der Waals surface area contributed by atoms with Crippen molar-refractivity contribution in [3.8, 4) is 0 Å². The van der Waals surface area contributed by atoms with Gasteiger partial charge in [-0.1, -0.05) is 37.8 Å². The first-order valence-electron chi connectivity index (χ1n) is 13.2. The van der Waals surface area contributed by atoms with Crippen molar-refractivity contribution in [3.63, 3.8) is 0 Å². The van der Waals surface area contributed by atoms with E-state index >= 15 is 0 Å². The third kappa shape index (κ3) is 7.78. The Bertz CT molecular complexity index is 1120. The van der Waals surface area contributed by atoms with Crippen LogP contribution in [0.3, 0.4) is 0 Å². The number of para-hydroxylation sites is 1. The van der Waals surface area contributed by atoms with Gasteiger partial charge in [0.05, 0.1) is 16.7 Å². The number of hydrogen-bond acceptors (Lipinski definition) is 6. The Morgan fingerprint density at radius 2 is 1.89 bits per heavy atom. The molecule has 1 aliphatic heterocycles. The number of aryl methyl sites for hydroxylation is 1. The summed E-state index contributed by atoms with van der Waals surface area (Å²) < 4.78 is 13.4. The predicted octanol–water partition coefficient (Wildman–Crippen LogP) is 4.22. The van der Waals surface area contributed by atoms with E-state index in [0.29, 0.717) is 26.4 Å². The molecule has 2 heterocycles. The van der Waals surface area contributed by atoms with Gasteiger partial charge in [0.2, 0.25) is 5.91 Å². The van der Waals surface area contributed by atoms with Crippen LogP contribution < -0.4 is 10.6 Å². The molecule has 1 saturated heterocycles. The molecule has 0 radical (unpaired) electrons. The maximum atomic E-state index is 13.3. The van der Waals surface area contributed by atoms with Crippen LogP contribution in [0.2, 0.25) is 25.7 Å². The minimum absolute atomic E-state index is 0.181. The zero-order valence-electron chi connectivity index (χ0n) is 24.0. The number of aromatic nitrogens is 2. The first-order chi connectivity index (χ1) is 17.1. The molecule has 37 heavy (non-hydrogen) atoms. The number of nitrogens with one attached hydrogen (secondary N) is 2. The Labute approximate surface area is 222 Å². The molecule has 0 aliphatic carbocycles. The van der Waals surface area contributed by atoms with Crippen molar-refractivity contribution in [2.24, 2.45) is 0 Å². The standard InChI is InChI=1S/C27H45N5O4Si/c1-19-11-10-12-20-22(19)32(18-35-15-16-37(7,8)9)30-23(20)27(5,6)29-24(33)21-17-31(14-13-28-21)25(34)36-26(2,3)4/h10-12,21,28H,13-18H2,1-9H3,(H,29,33)/t21-/m0/s1. The van der Waals surface area contributed by atoms with Crippen LogP contribution in [0.5, 0.6) is 0 Å². The smallest absolute Gasteiger partial charge is 0.410 e. The van der Waals surface area contributed by atoms with Crippen molar-refractivity contribution in [3.05, 3.63) is 29.5 Å². The number of carbonyl (C=O) groups excluding carboxylic acids is 2. The molecule has 1 aliphatic rings. The van der Waals surface area contributed by atoms with Crippen LogP contribution in [0.1, 0.15) is 45.9 Å². The number of amides is 2. The lowest BCUT2D eigenvalue weighted by Crippen LogP contribution is -2.60. The number of benzene rings is 1. The molecule has 10 heteroatoms.